The van der Waals surface area contributed by atoms with Crippen LogP contribution in [0.4, 0.5) is 0 Å². The van der Waals surface area contributed by atoms with Gasteiger partial charge in [0.15, 0.2) is 0 Å². The highest BCUT2D eigenvalue weighted by molar-refractivity contribution is 8.00. The van der Waals surface area contributed by atoms with Crippen molar-refractivity contribution in [3.05, 3.63) is 53.7 Å². The van der Waals surface area contributed by atoms with Crippen molar-refractivity contribution in [2.24, 2.45) is 0 Å². The molecule has 0 fully saturated rings. The van der Waals surface area contributed by atoms with Crippen LogP contribution < -0.4 is 0 Å². The molecule has 0 bridgehead atoms. The predicted octanol–water partition coefficient (Wildman–Crippen LogP) is 5.57. The number of thioether (sulfide) groups is 2. The minimum atomic E-state index is 0.227. The van der Waals surface area contributed by atoms with E-state index in [4.69, 9.17) is 0 Å². The Labute approximate surface area is 130 Å². The van der Waals surface area contributed by atoms with Gasteiger partial charge in [-0.05, 0) is 24.1 Å². The molecule has 0 atom stereocenters. The second-order valence-electron chi connectivity index (χ2n) is 5.78. The first-order chi connectivity index (χ1) is 9.44. The van der Waals surface area contributed by atoms with E-state index < -0.39 is 0 Å². The zero-order valence-corrected chi connectivity index (χ0v) is 14.1. The second kappa shape index (κ2) is 6.68. The maximum atomic E-state index is 4.58. The summed E-state index contributed by atoms with van der Waals surface area (Å²) in [6.07, 6.45) is 2.01. The fraction of sp³-hybridized carbons (Fsp3) is 0.353. The number of hydrogen-bond acceptors (Lipinski definition) is 3. The van der Waals surface area contributed by atoms with Crippen molar-refractivity contribution in [3.63, 3.8) is 0 Å². The van der Waals surface area contributed by atoms with Gasteiger partial charge in [-0.2, -0.15) is 0 Å². The van der Waals surface area contributed by atoms with Crippen LogP contribution in [0.25, 0.3) is 0 Å². The summed E-state index contributed by atoms with van der Waals surface area (Å²) < 4.78 is 0.227. The van der Waals surface area contributed by atoms with Crippen LogP contribution >= 0.6 is 23.5 Å². The topological polar surface area (TPSA) is 12.9 Å². The molecule has 20 heavy (non-hydrogen) atoms. The molecule has 0 N–H and O–H groups in total. The summed E-state index contributed by atoms with van der Waals surface area (Å²) in [5, 5.41) is 1.10. The monoisotopic (exact) mass is 303 g/mol. The minimum Gasteiger partial charge on any atom is -0.249 e. The lowest BCUT2D eigenvalue weighted by Crippen LogP contribution is -2.07. The van der Waals surface area contributed by atoms with E-state index in [0.29, 0.717) is 0 Å². The van der Waals surface area contributed by atoms with Crippen LogP contribution in [0.15, 0.2) is 52.5 Å². The van der Waals surface area contributed by atoms with Gasteiger partial charge in [-0.25, -0.2) is 4.98 Å². The molecule has 1 heterocycles. The van der Waals surface area contributed by atoms with Crippen LogP contribution in [0.5, 0.6) is 0 Å². The molecule has 106 valence electrons. The van der Waals surface area contributed by atoms with Gasteiger partial charge < -0.3 is 0 Å². The number of hydrogen-bond donors (Lipinski definition) is 0. The third-order valence-corrected chi connectivity index (χ3v) is 4.94. The summed E-state index contributed by atoms with van der Waals surface area (Å²) in [6, 6.07) is 12.7. The Morgan fingerprint density at radius 3 is 2.40 bits per heavy atom. The van der Waals surface area contributed by atoms with Gasteiger partial charge in [0, 0.05) is 21.6 Å². The lowest BCUT2D eigenvalue weighted by molar-refractivity contribution is 0.801. The van der Waals surface area contributed by atoms with Gasteiger partial charge in [0.1, 0.15) is 0 Å². The van der Waals surface area contributed by atoms with E-state index in [9.17, 15) is 0 Å². The first-order valence-corrected chi connectivity index (χ1v) is 8.57. The van der Waals surface area contributed by atoms with Crippen molar-refractivity contribution in [3.8, 4) is 0 Å². The Kier molecular flexibility index (Phi) is 5.17. The van der Waals surface area contributed by atoms with E-state index in [2.05, 4.69) is 69.1 Å². The molecule has 0 unspecified atom stereocenters. The van der Waals surface area contributed by atoms with Crippen molar-refractivity contribution in [1.29, 1.82) is 0 Å². The van der Waals surface area contributed by atoms with Crippen LogP contribution in [-0.4, -0.2) is 9.73 Å². The van der Waals surface area contributed by atoms with Crippen molar-refractivity contribution >= 4 is 23.5 Å². The molecule has 0 saturated carbocycles. The Morgan fingerprint density at radius 2 is 1.80 bits per heavy atom. The van der Waals surface area contributed by atoms with Gasteiger partial charge in [0.25, 0.3) is 0 Å². The predicted molar refractivity (Wildman–Crippen MR) is 90.6 cm³/mol. The smallest absolute Gasteiger partial charge is 0.0966 e. The summed E-state index contributed by atoms with van der Waals surface area (Å²) in [7, 11) is 0. The Balaban J connectivity index is 2.02. The number of rotatable bonds is 4. The zero-order chi connectivity index (χ0) is 14.6. The van der Waals surface area contributed by atoms with Crippen LogP contribution in [-0.2, 0) is 5.75 Å². The zero-order valence-electron chi connectivity index (χ0n) is 12.5. The molecule has 1 nitrogen and oxygen atoms in total. The number of pyridine rings is 1. The van der Waals surface area contributed by atoms with Crippen molar-refractivity contribution < 1.29 is 0 Å². The van der Waals surface area contributed by atoms with E-state index in [0.717, 1.165) is 10.8 Å². The van der Waals surface area contributed by atoms with E-state index >= 15 is 0 Å². The first-order valence-electron chi connectivity index (χ1n) is 6.76. The molecule has 2 rings (SSSR count). The summed E-state index contributed by atoms with van der Waals surface area (Å²) in [5.74, 6) is 0.971. The number of benzene rings is 1. The molecule has 0 aliphatic carbocycles. The van der Waals surface area contributed by atoms with E-state index in [-0.39, 0.29) is 4.75 Å². The highest BCUT2D eigenvalue weighted by Crippen LogP contribution is 2.34. The normalized spacial score (nSPS) is 11.6. The lowest BCUT2D eigenvalue weighted by Gasteiger charge is -2.18. The lowest BCUT2D eigenvalue weighted by atomic mass is 10.2. The van der Waals surface area contributed by atoms with Gasteiger partial charge in [0.05, 0.1) is 5.03 Å². The molecule has 0 aliphatic rings. The molecule has 2 aromatic rings. The van der Waals surface area contributed by atoms with Gasteiger partial charge >= 0.3 is 0 Å². The largest absolute Gasteiger partial charge is 0.249 e. The maximum Gasteiger partial charge on any atom is 0.0966 e. The maximum absolute atomic E-state index is 4.58. The third-order valence-electron chi connectivity index (χ3n) is 2.68. The fourth-order valence-electron chi connectivity index (χ4n) is 1.76. The molecule has 3 heteroatoms. The number of aromatic nitrogens is 1. The van der Waals surface area contributed by atoms with Crippen molar-refractivity contribution in [2.45, 2.75) is 48.1 Å². The fourth-order valence-corrected chi connectivity index (χ4v) is 3.64. The summed E-state index contributed by atoms with van der Waals surface area (Å²) in [4.78, 5) is 5.86. The number of nitrogens with zero attached hydrogens (tertiary/aromatic N) is 1. The van der Waals surface area contributed by atoms with Gasteiger partial charge in [-0.1, -0.05) is 51.1 Å². The van der Waals surface area contributed by atoms with E-state index in [1.165, 1.54) is 16.0 Å². The molecular formula is C17H21NS2. The molecule has 0 amide bonds. The Bertz CT molecular complexity index is 559. The van der Waals surface area contributed by atoms with Crippen LogP contribution in [0, 0.1) is 6.92 Å². The highest BCUT2D eigenvalue weighted by Gasteiger charge is 2.14. The van der Waals surface area contributed by atoms with Gasteiger partial charge in [-0.3, -0.25) is 0 Å². The molecule has 0 radical (unpaired) electrons. The standard InChI is InChI=1S/C17H21NS2/c1-13-10-16(18-11-15(13)20-17(2,3)4)19-12-14-8-6-5-7-9-14/h5-11H,12H2,1-4H3. The summed E-state index contributed by atoms with van der Waals surface area (Å²) in [6.45, 7) is 8.86. The molecular weight excluding hydrogens is 282 g/mol. The summed E-state index contributed by atoms with van der Waals surface area (Å²) in [5.41, 5.74) is 2.65. The Hall–Kier alpha value is -0.930. The average Bonchev–Trinajstić information content (AvgIpc) is 2.39. The molecule has 0 aliphatic heterocycles. The van der Waals surface area contributed by atoms with Crippen LogP contribution in [0.3, 0.4) is 0 Å². The highest BCUT2D eigenvalue weighted by atomic mass is 32.2. The molecule has 0 saturated heterocycles. The van der Waals surface area contributed by atoms with Crippen LogP contribution in [0.2, 0.25) is 0 Å². The second-order valence-corrected chi connectivity index (χ2v) is 8.64. The quantitative estimate of drug-likeness (QED) is 0.685. The average molecular weight is 303 g/mol. The van der Waals surface area contributed by atoms with Gasteiger partial charge in [0.2, 0.25) is 0 Å². The van der Waals surface area contributed by atoms with E-state index in [1.54, 1.807) is 11.8 Å². The SMILES string of the molecule is Cc1cc(SCc2ccccc2)ncc1SC(C)(C)C. The van der Waals surface area contributed by atoms with Gasteiger partial charge in [-0.15, -0.1) is 23.5 Å². The third kappa shape index (κ3) is 4.88. The number of aryl methyl sites for hydroxylation is 1. The molecule has 1 aromatic carbocycles. The minimum absolute atomic E-state index is 0.227. The summed E-state index contributed by atoms with van der Waals surface area (Å²) >= 11 is 3.67. The van der Waals surface area contributed by atoms with E-state index in [1.807, 2.05) is 18.0 Å². The van der Waals surface area contributed by atoms with Crippen molar-refractivity contribution in [2.75, 3.05) is 0 Å². The Morgan fingerprint density at radius 1 is 1.10 bits per heavy atom. The first kappa shape index (κ1) is 15.5. The molecule has 1 aromatic heterocycles. The molecule has 0 spiro atoms. The van der Waals surface area contributed by atoms with Crippen LogP contribution in [0.1, 0.15) is 31.9 Å². The van der Waals surface area contributed by atoms with Crippen molar-refractivity contribution in [1.82, 2.24) is 4.98 Å².